The average Bonchev–Trinajstić information content (AvgIpc) is 2.92. The SMILES string of the molecule is N#Cc1ccc(C(=O)N2CCCC2CCCO)nc1. The van der Waals surface area contributed by atoms with Crippen LogP contribution in [-0.4, -0.2) is 40.1 Å². The smallest absolute Gasteiger partial charge is 0.272 e. The van der Waals surface area contributed by atoms with Crippen molar-refractivity contribution < 1.29 is 9.90 Å². The summed E-state index contributed by atoms with van der Waals surface area (Å²) in [5.74, 6) is -0.0788. The number of rotatable bonds is 4. The summed E-state index contributed by atoms with van der Waals surface area (Å²) in [6.45, 7) is 0.907. The number of aromatic nitrogens is 1. The normalized spacial score (nSPS) is 18.3. The summed E-state index contributed by atoms with van der Waals surface area (Å²) in [5, 5.41) is 17.6. The van der Waals surface area contributed by atoms with Gasteiger partial charge in [0, 0.05) is 25.4 Å². The number of nitrogens with zero attached hydrogens (tertiary/aromatic N) is 3. The monoisotopic (exact) mass is 259 g/mol. The molecule has 0 aromatic carbocycles. The standard InChI is InChI=1S/C14H17N3O2/c15-9-11-5-6-13(16-10-11)14(19)17-7-1-3-12(17)4-2-8-18/h5-6,10,12,18H,1-4,7-8H2. The Labute approximate surface area is 112 Å². The number of pyridine rings is 1. The van der Waals surface area contributed by atoms with Gasteiger partial charge in [-0.25, -0.2) is 4.98 Å². The minimum Gasteiger partial charge on any atom is -0.396 e. The first-order valence-corrected chi connectivity index (χ1v) is 6.54. The van der Waals surface area contributed by atoms with Crippen molar-refractivity contribution in [3.05, 3.63) is 29.6 Å². The van der Waals surface area contributed by atoms with Crippen molar-refractivity contribution in [2.45, 2.75) is 31.7 Å². The molecule has 0 spiro atoms. The molecule has 0 radical (unpaired) electrons. The van der Waals surface area contributed by atoms with Crippen molar-refractivity contribution in [1.82, 2.24) is 9.88 Å². The number of aliphatic hydroxyl groups excluding tert-OH is 1. The molecule has 1 N–H and O–H groups in total. The highest BCUT2D eigenvalue weighted by molar-refractivity contribution is 5.92. The van der Waals surface area contributed by atoms with Gasteiger partial charge in [0.1, 0.15) is 11.8 Å². The molecular weight excluding hydrogens is 242 g/mol. The van der Waals surface area contributed by atoms with Gasteiger partial charge in [-0.1, -0.05) is 0 Å². The molecule has 2 heterocycles. The number of aliphatic hydroxyl groups is 1. The van der Waals surface area contributed by atoms with E-state index in [9.17, 15) is 4.79 Å². The van der Waals surface area contributed by atoms with E-state index in [1.165, 1.54) is 6.20 Å². The Morgan fingerprint density at radius 1 is 1.58 bits per heavy atom. The molecule has 0 aliphatic carbocycles. The Morgan fingerprint density at radius 2 is 2.42 bits per heavy atom. The molecule has 0 saturated carbocycles. The first-order chi connectivity index (χ1) is 9.26. The van der Waals surface area contributed by atoms with Crippen LogP contribution in [0.5, 0.6) is 0 Å². The second-order valence-electron chi connectivity index (χ2n) is 4.70. The molecule has 1 fully saturated rings. The Morgan fingerprint density at radius 3 is 3.05 bits per heavy atom. The van der Waals surface area contributed by atoms with Gasteiger partial charge in [0.05, 0.1) is 5.56 Å². The van der Waals surface area contributed by atoms with Crippen molar-refractivity contribution in [1.29, 1.82) is 5.26 Å². The van der Waals surface area contributed by atoms with Crippen LogP contribution in [0.15, 0.2) is 18.3 Å². The van der Waals surface area contributed by atoms with Gasteiger partial charge in [0.2, 0.25) is 0 Å². The molecule has 5 heteroatoms. The van der Waals surface area contributed by atoms with E-state index >= 15 is 0 Å². The number of likely N-dealkylation sites (tertiary alicyclic amines) is 1. The predicted octanol–water partition coefficient (Wildman–Crippen LogP) is 1.33. The summed E-state index contributed by atoms with van der Waals surface area (Å²) >= 11 is 0. The lowest BCUT2D eigenvalue weighted by atomic mass is 10.1. The molecule has 1 aromatic rings. The van der Waals surface area contributed by atoms with Crippen molar-refractivity contribution in [3.8, 4) is 6.07 Å². The highest BCUT2D eigenvalue weighted by atomic mass is 16.3. The Bertz CT molecular complexity index is 478. The largest absolute Gasteiger partial charge is 0.396 e. The first kappa shape index (κ1) is 13.5. The van der Waals surface area contributed by atoms with E-state index in [1.807, 2.05) is 11.0 Å². The van der Waals surface area contributed by atoms with E-state index in [0.29, 0.717) is 11.3 Å². The van der Waals surface area contributed by atoms with E-state index in [0.717, 1.165) is 32.2 Å². The number of hydrogen-bond acceptors (Lipinski definition) is 4. The van der Waals surface area contributed by atoms with E-state index in [-0.39, 0.29) is 18.6 Å². The molecule has 1 unspecified atom stereocenters. The van der Waals surface area contributed by atoms with Gasteiger partial charge in [-0.15, -0.1) is 0 Å². The second kappa shape index (κ2) is 6.30. The molecular formula is C14H17N3O2. The molecule has 1 aliphatic rings. The zero-order valence-corrected chi connectivity index (χ0v) is 10.7. The summed E-state index contributed by atoms with van der Waals surface area (Å²) in [4.78, 5) is 18.2. The zero-order valence-electron chi connectivity index (χ0n) is 10.7. The molecule has 0 bridgehead atoms. The van der Waals surface area contributed by atoms with Crippen LogP contribution in [0.3, 0.4) is 0 Å². The summed E-state index contributed by atoms with van der Waals surface area (Å²) in [5.41, 5.74) is 0.838. The summed E-state index contributed by atoms with van der Waals surface area (Å²) in [7, 11) is 0. The van der Waals surface area contributed by atoms with Crippen LogP contribution < -0.4 is 0 Å². The fourth-order valence-electron chi connectivity index (χ4n) is 2.46. The van der Waals surface area contributed by atoms with Gasteiger partial charge < -0.3 is 10.0 Å². The molecule has 1 atom stereocenters. The van der Waals surface area contributed by atoms with Gasteiger partial charge in [-0.05, 0) is 37.8 Å². The highest BCUT2D eigenvalue weighted by Crippen LogP contribution is 2.23. The fraction of sp³-hybridized carbons (Fsp3) is 0.500. The van der Waals surface area contributed by atoms with Gasteiger partial charge >= 0.3 is 0 Å². The quantitative estimate of drug-likeness (QED) is 0.885. The lowest BCUT2D eigenvalue weighted by Crippen LogP contribution is -2.36. The predicted molar refractivity (Wildman–Crippen MR) is 69.3 cm³/mol. The molecule has 5 nitrogen and oxygen atoms in total. The molecule has 100 valence electrons. The third kappa shape index (κ3) is 3.09. The first-order valence-electron chi connectivity index (χ1n) is 6.54. The molecule has 1 aromatic heterocycles. The summed E-state index contributed by atoms with van der Waals surface area (Å²) in [6, 6.07) is 5.40. The lowest BCUT2D eigenvalue weighted by molar-refractivity contribution is 0.0718. The van der Waals surface area contributed by atoms with E-state index < -0.39 is 0 Å². The Hall–Kier alpha value is -1.93. The third-order valence-electron chi connectivity index (χ3n) is 3.45. The Balaban J connectivity index is 2.07. The number of nitriles is 1. The van der Waals surface area contributed by atoms with Gasteiger partial charge in [0.15, 0.2) is 0 Å². The molecule has 19 heavy (non-hydrogen) atoms. The van der Waals surface area contributed by atoms with Crippen LogP contribution in [0.25, 0.3) is 0 Å². The summed E-state index contributed by atoms with van der Waals surface area (Å²) < 4.78 is 0. The molecule has 1 saturated heterocycles. The van der Waals surface area contributed by atoms with Crippen LogP contribution >= 0.6 is 0 Å². The second-order valence-corrected chi connectivity index (χ2v) is 4.70. The van der Waals surface area contributed by atoms with Crippen LogP contribution in [0.1, 0.15) is 41.7 Å². The molecule has 2 rings (SSSR count). The maximum atomic E-state index is 12.3. The van der Waals surface area contributed by atoms with Crippen molar-refractivity contribution >= 4 is 5.91 Å². The number of carbonyl (C=O) groups is 1. The topological polar surface area (TPSA) is 77.2 Å². The maximum Gasteiger partial charge on any atom is 0.272 e. The number of hydrogen-bond donors (Lipinski definition) is 1. The number of carbonyl (C=O) groups excluding carboxylic acids is 1. The van der Waals surface area contributed by atoms with Crippen LogP contribution in [0, 0.1) is 11.3 Å². The van der Waals surface area contributed by atoms with Crippen molar-refractivity contribution in [2.24, 2.45) is 0 Å². The van der Waals surface area contributed by atoms with Crippen molar-refractivity contribution in [3.63, 3.8) is 0 Å². The Kier molecular flexibility index (Phi) is 4.48. The van der Waals surface area contributed by atoms with E-state index in [1.54, 1.807) is 12.1 Å². The fourth-order valence-corrected chi connectivity index (χ4v) is 2.46. The van der Waals surface area contributed by atoms with Gasteiger partial charge in [-0.2, -0.15) is 5.26 Å². The van der Waals surface area contributed by atoms with Gasteiger partial charge in [0.25, 0.3) is 5.91 Å². The van der Waals surface area contributed by atoms with Crippen LogP contribution in [-0.2, 0) is 0 Å². The van der Waals surface area contributed by atoms with Crippen LogP contribution in [0.4, 0.5) is 0 Å². The molecule has 1 amide bonds. The van der Waals surface area contributed by atoms with Crippen molar-refractivity contribution in [2.75, 3.05) is 13.2 Å². The molecule has 1 aliphatic heterocycles. The zero-order chi connectivity index (χ0) is 13.7. The number of amides is 1. The highest BCUT2D eigenvalue weighted by Gasteiger charge is 2.29. The summed E-state index contributed by atoms with van der Waals surface area (Å²) in [6.07, 6.45) is 4.96. The van der Waals surface area contributed by atoms with Gasteiger partial charge in [-0.3, -0.25) is 4.79 Å². The lowest BCUT2D eigenvalue weighted by Gasteiger charge is -2.24. The third-order valence-corrected chi connectivity index (χ3v) is 3.45. The minimum absolute atomic E-state index is 0.0788. The maximum absolute atomic E-state index is 12.3. The van der Waals surface area contributed by atoms with E-state index in [4.69, 9.17) is 10.4 Å². The minimum atomic E-state index is -0.0788. The van der Waals surface area contributed by atoms with Crippen LogP contribution in [0.2, 0.25) is 0 Å². The average molecular weight is 259 g/mol. The van der Waals surface area contributed by atoms with E-state index in [2.05, 4.69) is 4.98 Å².